The molecule has 5 rings (SSSR count). The second-order valence-electron chi connectivity index (χ2n) is 9.10. The van der Waals surface area contributed by atoms with Gasteiger partial charge in [0.2, 0.25) is 5.95 Å². The maximum Gasteiger partial charge on any atom is 0.227 e. The van der Waals surface area contributed by atoms with Crippen LogP contribution in [0, 0.1) is 0 Å². The summed E-state index contributed by atoms with van der Waals surface area (Å²) in [7, 11) is 3.97. The Morgan fingerprint density at radius 3 is 2.36 bits per heavy atom. The number of anilines is 3. The van der Waals surface area contributed by atoms with Crippen LogP contribution in [0.1, 0.15) is 25.7 Å². The van der Waals surface area contributed by atoms with Crippen molar-refractivity contribution in [3.05, 3.63) is 48.7 Å². The number of nitrogens with zero attached hydrogens (tertiary/aromatic N) is 4. The number of ether oxygens (including phenoxy) is 2. The van der Waals surface area contributed by atoms with Crippen molar-refractivity contribution in [2.45, 2.75) is 37.9 Å². The van der Waals surface area contributed by atoms with Gasteiger partial charge in [0.15, 0.2) is 0 Å². The topological polar surface area (TPSA) is 62.8 Å². The molecule has 2 aliphatic rings. The standard InChI is InChI=1S/C26H33N5O2/c1-30-14-16-31(17-15-30)21-8-6-20(7-9-21)28-26-27-18-19-4-3-5-24(25(19)29-26)33-23-12-10-22(32-2)11-13-23/h3-9,18,22-23H,10-17H2,1-2H3,(H,27,28,29). The minimum Gasteiger partial charge on any atom is -0.488 e. The monoisotopic (exact) mass is 447 g/mol. The van der Waals surface area contributed by atoms with Crippen molar-refractivity contribution in [2.24, 2.45) is 0 Å². The zero-order valence-corrected chi connectivity index (χ0v) is 19.5. The van der Waals surface area contributed by atoms with Gasteiger partial charge in [0.05, 0.1) is 12.2 Å². The maximum absolute atomic E-state index is 6.37. The molecule has 3 aromatic rings. The van der Waals surface area contributed by atoms with Crippen LogP contribution in [-0.4, -0.2) is 67.4 Å². The molecule has 0 spiro atoms. The van der Waals surface area contributed by atoms with Gasteiger partial charge in [-0.1, -0.05) is 12.1 Å². The molecule has 2 aromatic carbocycles. The van der Waals surface area contributed by atoms with Gasteiger partial charge >= 0.3 is 0 Å². The summed E-state index contributed by atoms with van der Waals surface area (Å²) in [6.07, 6.45) is 6.51. The van der Waals surface area contributed by atoms with E-state index in [9.17, 15) is 0 Å². The Morgan fingerprint density at radius 1 is 0.909 bits per heavy atom. The van der Waals surface area contributed by atoms with E-state index in [0.29, 0.717) is 12.1 Å². The van der Waals surface area contributed by atoms with E-state index in [1.165, 1.54) is 5.69 Å². The van der Waals surface area contributed by atoms with Crippen molar-refractivity contribution in [3.63, 3.8) is 0 Å². The number of likely N-dealkylation sites (N-methyl/N-ethyl adjacent to an activating group) is 1. The van der Waals surface area contributed by atoms with Crippen LogP contribution in [0.15, 0.2) is 48.7 Å². The van der Waals surface area contributed by atoms with E-state index in [1.54, 1.807) is 7.11 Å². The summed E-state index contributed by atoms with van der Waals surface area (Å²) >= 11 is 0. The molecular formula is C26H33N5O2. The summed E-state index contributed by atoms with van der Waals surface area (Å²) in [6, 6.07) is 14.6. The number of hydrogen-bond donors (Lipinski definition) is 1. The highest BCUT2D eigenvalue weighted by Crippen LogP contribution is 2.30. The SMILES string of the molecule is COC1CCC(Oc2cccc3cnc(Nc4ccc(N5CCN(C)CC5)cc4)nc23)CC1. The Hall–Kier alpha value is -2.90. The number of methoxy groups -OCH3 is 1. The Kier molecular flexibility index (Phi) is 6.60. The number of fused-ring (bicyclic) bond motifs is 1. The Bertz CT molecular complexity index is 1060. The highest BCUT2D eigenvalue weighted by molar-refractivity contribution is 5.85. The second kappa shape index (κ2) is 9.93. The Labute approximate surface area is 195 Å². The normalized spacial score (nSPS) is 21.8. The lowest BCUT2D eigenvalue weighted by Gasteiger charge is -2.34. The van der Waals surface area contributed by atoms with Gasteiger partial charge in [-0.3, -0.25) is 0 Å². The van der Waals surface area contributed by atoms with Gasteiger partial charge in [0.1, 0.15) is 11.3 Å². The highest BCUT2D eigenvalue weighted by atomic mass is 16.5. The summed E-state index contributed by atoms with van der Waals surface area (Å²) in [6.45, 7) is 4.33. The van der Waals surface area contributed by atoms with Gasteiger partial charge < -0.3 is 24.6 Å². The molecule has 0 unspecified atom stereocenters. The largest absolute Gasteiger partial charge is 0.488 e. The zero-order valence-electron chi connectivity index (χ0n) is 19.5. The summed E-state index contributed by atoms with van der Waals surface area (Å²) in [4.78, 5) is 14.1. The van der Waals surface area contributed by atoms with Gasteiger partial charge in [-0.25, -0.2) is 9.97 Å². The van der Waals surface area contributed by atoms with Gasteiger partial charge in [-0.2, -0.15) is 0 Å². The van der Waals surface area contributed by atoms with Crippen molar-refractivity contribution in [1.82, 2.24) is 14.9 Å². The Balaban J connectivity index is 1.28. The number of benzene rings is 2. The summed E-state index contributed by atoms with van der Waals surface area (Å²) < 4.78 is 11.9. The van der Waals surface area contributed by atoms with Crippen LogP contribution in [0.25, 0.3) is 10.9 Å². The smallest absolute Gasteiger partial charge is 0.227 e. The number of rotatable bonds is 6. The van der Waals surface area contributed by atoms with Crippen molar-refractivity contribution in [3.8, 4) is 5.75 Å². The molecular weight excluding hydrogens is 414 g/mol. The Morgan fingerprint density at radius 2 is 1.64 bits per heavy atom. The number of para-hydroxylation sites is 1. The molecule has 7 nitrogen and oxygen atoms in total. The van der Waals surface area contributed by atoms with Crippen LogP contribution in [-0.2, 0) is 4.74 Å². The van der Waals surface area contributed by atoms with Crippen LogP contribution in [0.3, 0.4) is 0 Å². The third-order valence-corrected chi connectivity index (χ3v) is 6.81. The first-order valence-corrected chi connectivity index (χ1v) is 11.9. The quantitative estimate of drug-likeness (QED) is 0.598. The number of aromatic nitrogens is 2. The van der Waals surface area contributed by atoms with Crippen molar-refractivity contribution >= 4 is 28.2 Å². The molecule has 174 valence electrons. The van der Waals surface area contributed by atoms with Gasteiger partial charge in [0, 0.05) is 56.2 Å². The van der Waals surface area contributed by atoms with E-state index in [1.807, 2.05) is 24.4 Å². The van der Waals surface area contributed by atoms with E-state index < -0.39 is 0 Å². The van der Waals surface area contributed by atoms with Crippen LogP contribution in [0.5, 0.6) is 5.75 Å². The fourth-order valence-corrected chi connectivity index (χ4v) is 4.70. The minimum atomic E-state index is 0.204. The van der Waals surface area contributed by atoms with E-state index in [4.69, 9.17) is 14.5 Å². The summed E-state index contributed by atoms with van der Waals surface area (Å²) in [5, 5.41) is 4.34. The maximum atomic E-state index is 6.37. The average molecular weight is 448 g/mol. The van der Waals surface area contributed by atoms with Gasteiger partial charge in [-0.15, -0.1) is 0 Å². The van der Waals surface area contributed by atoms with E-state index in [0.717, 1.165) is 74.2 Å². The molecule has 0 atom stereocenters. The number of nitrogens with one attached hydrogen (secondary N) is 1. The fraction of sp³-hybridized carbons (Fsp3) is 0.462. The average Bonchev–Trinajstić information content (AvgIpc) is 2.86. The van der Waals surface area contributed by atoms with Gasteiger partial charge in [-0.05, 0) is 63.1 Å². The van der Waals surface area contributed by atoms with Crippen molar-refractivity contribution < 1.29 is 9.47 Å². The fourth-order valence-electron chi connectivity index (χ4n) is 4.70. The molecule has 0 bridgehead atoms. The molecule has 1 aliphatic carbocycles. The second-order valence-corrected chi connectivity index (χ2v) is 9.10. The molecule has 33 heavy (non-hydrogen) atoms. The first-order chi connectivity index (χ1) is 16.2. The van der Waals surface area contributed by atoms with Crippen molar-refractivity contribution in [1.29, 1.82) is 0 Å². The summed E-state index contributed by atoms with van der Waals surface area (Å²) in [5.74, 6) is 1.40. The first kappa shape index (κ1) is 21.9. The third-order valence-electron chi connectivity index (χ3n) is 6.81. The van der Waals surface area contributed by atoms with Crippen LogP contribution >= 0.6 is 0 Å². The molecule has 2 fully saturated rings. The molecule has 1 saturated carbocycles. The zero-order chi connectivity index (χ0) is 22.6. The third kappa shape index (κ3) is 5.20. The number of piperazine rings is 1. The van der Waals surface area contributed by atoms with Gasteiger partial charge in [0.25, 0.3) is 0 Å². The molecule has 1 saturated heterocycles. The first-order valence-electron chi connectivity index (χ1n) is 11.9. The van der Waals surface area contributed by atoms with Crippen molar-refractivity contribution in [2.75, 3.05) is 50.6 Å². The molecule has 1 N–H and O–H groups in total. The molecule has 1 aliphatic heterocycles. The highest BCUT2D eigenvalue weighted by Gasteiger charge is 2.23. The lowest BCUT2D eigenvalue weighted by molar-refractivity contribution is 0.0331. The van der Waals surface area contributed by atoms with Crippen LogP contribution < -0.4 is 15.0 Å². The molecule has 1 aromatic heterocycles. The predicted octanol–water partition coefficient (Wildman–Crippen LogP) is 4.46. The summed E-state index contributed by atoms with van der Waals surface area (Å²) in [5.41, 5.74) is 3.08. The molecule has 0 amide bonds. The molecule has 2 heterocycles. The lowest BCUT2D eigenvalue weighted by Crippen LogP contribution is -2.44. The van der Waals surface area contributed by atoms with E-state index in [-0.39, 0.29) is 6.10 Å². The van der Waals surface area contributed by atoms with E-state index in [2.05, 4.69) is 51.4 Å². The molecule has 0 radical (unpaired) electrons. The predicted molar refractivity (Wildman–Crippen MR) is 133 cm³/mol. The van der Waals surface area contributed by atoms with Crippen LogP contribution in [0.2, 0.25) is 0 Å². The number of hydrogen-bond acceptors (Lipinski definition) is 7. The van der Waals surface area contributed by atoms with E-state index >= 15 is 0 Å². The minimum absolute atomic E-state index is 0.204. The van der Waals surface area contributed by atoms with Crippen LogP contribution in [0.4, 0.5) is 17.3 Å². The lowest BCUT2D eigenvalue weighted by atomic mass is 9.95. The molecule has 7 heteroatoms.